The lowest BCUT2D eigenvalue weighted by molar-refractivity contribution is -0.182. The molecule has 1 aliphatic heterocycles. The molecule has 1 rings (SSSR count). The molecule has 1 heterocycles. The van der Waals surface area contributed by atoms with Crippen molar-refractivity contribution in [2.75, 3.05) is 19.6 Å². The Hall–Kier alpha value is -1.14. The van der Waals surface area contributed by atoms with Gasteiger partial charge in [0.1, 0.15) is 6.04 Å². The van der Waals surface area contributed by atoms with E-state index >= 15 is 0 Å². The second-order valence-corrected chi connectivity index (χ2v) is 6.38. The molecule has 110 valence electrons. The fourth-order valence-corrected chi connectivity index (χ4v) is 2.76. The number of amides is 1. The maximum absolute atomic E-state index is 11.2. The van der Waals surface area contributed by atoms with Gasteiger partial charge in [0.2, 0.25) is 5.91 Å². The van der Waals surface area contributed by atoms with Crippen LogP contribution < -0.4 is 5.32 Å². The molecule has 0 spiro atoms. The number of ether oxygens (including phenoxy) is 1. The molecule has 6 heteroatoms. The molecule has 19 heavy (non-hydrogen) atoms. The Labute approximate surface area is 114 Å². The highest BCUT2D eigenvalue weighted by Crippen LogP contribution is 2.27. The van der Waals surface area contributed by atoms with Gasteiger partial charge in [-0.1, -0.05) is 0 Å². The predicted octanol–water partition coefficient (Wildman–Crippen LogP) is 0.465. The Morgan fingerprint density at radius 3 is 2.11 bits per heavy atom. The Balaban J connectivity index is 2.73. The lowest BCUT2D eigenvalue weighted by Gasteiger charge is -2.47. The number of carboxylic acids is 1. The van der Waals surface area contributed by atoms with Gasteiger partial charge in [0.05, 0.1) is 11.2 Å². The summed E-state index contributed by atoms with van der Waals surface area (Å²) < 4.78 is 5.94. The number of nitrogens with one attached hydrogen (secondary N) is 1. The summed E-state index contributed by atoms with van der Waals surface area (Å²) in [5.41, 5.74) is -0.665. The summed E-state index contributed by atoms with van der Waals surface area (Å²) in [4.78, 5) is 24.2. The van der Waals surface area contributed by atoms with E-state index in [2.05, 4.69) is 5.32 Å². The van der Waals surface area contributed by atoms with E-state index < -0.39 is 12.0 Å². The first-order chi connectivity index (χ1) is 8.51. The highest BCUT2D eigenvalue weighted by Gasteiger charge is 2.39. The van der Waals surface area contributed by atoms with E-state index in [-0.39, 0.29) is 23.7 Å². The second-order valence-electron chi connectivity index (χ2n) is 6.38. The monoisotopic (exact) mass is 272 g/mol. The number of carbonyl (C=O) groups excluding carboxylic acids is 1. The second kappa shape index (κ2) is 5.46. The number of morpholine rings is 1. The normalized spacial score (nSPS) is 23.6. The minimum atomic E-state index is -1.02. The first-order valence-corrected chi connectivity index (χ1v) is 6.43. The Bertz CT molecular complexity index is 350. The van der Waals surface area contributed by atoms with Crippen LogP contribution in [0.2, 0.25) is 0 Å². The van der Waals surface area contributed by atoms with E-state index in [1.165, 1.54) is 6.92 Å². The van der Waals surface area contributed by atoms with Crippen molar-refractivity contribution in [3.63, 3.8) is 0 Å². The first kappa shape index (κ1) is 15.9. The van der Waals surface area contributed by atoms with Crippen molar-refractivity contribution < 1.29 is 19.4 Å². The standard InChI is InChI=1S/C13H24N2O4/c1-9(16)14-10(11(17)18)6-15-7-12(2,3)19-13(4,5)8-15/h10H,6-8H2,1-5H3,(H,14,16)(H,17,18). The Morgan fingerprint density at radius 1 is 1.26 bits per heavy atom. The number of carbonyl (C=O) groups is 2. The molecule has 0 aromatic rings. The van der Waals surface area contributed by atoms with E-state index in [1.54, 1.807) is 0 Å². The molecule has 1 unspecified atom stereocenters. The maximum Gasteiger partial charge on any atom is 0.327 e. The van der Waals surface area contributed by atoms with Crippen LogP contribution in [-0.4, -0.2) is 58.8 Å². The van der Waals surface area contributed by atoms with E-state index in [4.69, 9.17) is 9.84 Å². The van der Waals surface area contributed by atoms with Crippen molar-refractivity contribution in [2.24, 2.45) is 0 Å². The minimum absolute atomic E-state index is 0.283. The average molecular weight is 272 g/mol. The third-order valence-electron chi connectivity index (χ3n) is 2.88. The van der Waals surface area contributed by atoms with Crippen LogP contribution in [-0.2, 0) is 14.3 Å². The maximum atomic E-state index is 11.2. The Kier molecular flexibility index (Phi) is 4.58. The van der Waals surface area contributed by atoms with Gasteiger partial charge in [0.15, 0.2) is 0 Å². The summed E-state index contributed by atoms with van der Waals surface area (Å²) in [5.74, 6) is -1.35. The smallest absolute Gasteiger partial charge is 0.327 e. The van der Waals surface area contributed by atoms with Crippen LogP contribution in [0.5, 0.6) is 0 Å². The molecule has 0 radical (unpaired) electrons. The summed E-state index contributed by atoms with van der Waals surface area (Å²) in [7, 11) is 0. The zero-order valence-electron chi connectivity index (χ0n) is 12.3. The number of hydrogen-bond acceptors (Lipinski definition) is 4. The largest absolute Gasteiger partial charge is 0.480 e. The van der Waals surface area contributed by atoms with Gasteiger partial charge in [-0.15, -0.1) is 0 Å². The fraction of sp³-hybridized carbons (Fsp3) is 0.846. The highest BCUT2D eigenvalue weighted by atomic mass is 16.5. The number of aliphatic carboxylic acids is 1. The van der Waals surface area contributed by atoms with Crippen LogP contribution in [0.4, 0.5) is 0 Å². The number of hydrogen-bond donors (Lipinski definition) is 2. The molecule has 0 aliphatic carbocycles. The molecule has 0 aromatic heterocycles. The van der Waals surface area contributed by atoms with Gasteiger partial charge in [-0.3, -0.25) is 9.69 Å². The average Bonchev–Trinajstić information content (AvgIpc) is 2.09. The lowest BCUT2D eigenvalue weighted by atomic mass is 9.98. The van der Waals surface area contributed by atoms with E-state index in [0.29, 0.717) is 13.1 Å². The van der Waals surface area contributed by atoms with Crippen molar-refractivity contribution in [2.45, 2.75) is 51.9 Å². The van der Waals surface area contributed by atoms with Crippen LogP contribution in [0, 0.1) is 0 Å². The molecule has 6 nitrogen and oxygen atoms in total. The van der Waals surface area contributed by atoms with Crippen LogP contribution in [0.3, 0.4) is 0 Å². The highest BCUT2D eigenvalue weighted by molar-refractivity contribution is 5.82. The van der Waals surface area contributed by atoms with Crippen molar-refractivity contribution >= 4 is 11.9 Å². The molecule has 0 aromatic carbocycles. The van der Waals surface area contributed by atoms with Gasteiger partial charge in [0, 0.05) is 26.6 Å². The number of rotatable bonds is 4. The molecule has 1 aliphatic rings. The zero-order chi connectivity index (χ0) is 14.8. The summed E-state index contributed by atoms with van der Waals surface area (Å²) >= 11 is 0. The molecule has 1 amide bonds. The van der Waals surface area contributed by atoms with E-state index in [1.807, 2.05) is 32.6 Å². The third-order valence-corrected chi connectivity index (χ3v) is 2.88. The van der Waals surface area contributed by atoms with E-state index in [0.717, 1.165) is 0 Å². The zero-order valence-corrected chi connectivity index (χ0v) is 12.3. The molecular weight excluding hydrogens is 248 g/mol. The Morgan fingerprint density at radius 2 is 1.74 bits per heavy atom. The van der Waals surface area contributed by atoms with Gasteiger partial charge in [0.25, 0.3) is 0 Å². The third kappa shape index (κ3) is 5.16. The van der Waals surface area contributed by atoms with Crippen LogP contribution in [0.1, 0.15) is 34.6 Å². The molecule has 0 saturated carbocycles. The molecule has 1 saturated heterocycles. The van der Waals surface area contributed by atoms with Gasteiger partial charge in [-0.2, -0.15) is 0 Å². The van der Waals surface area contributed by atoms with E-state index in [9.17, 15) is 9.59 Å². The number of nitrogens with zero attached hydrogens (tertiary/aromatic N) is 1. The summed E-state index contributed by atoms with van der Waals surface area (Å²) in [6, 6.07) is -0.887. The SMILES string of the molecule is CC(=O)NC(CN1CC(C)(C)OC(C)(C)C1)C(=O)O. The predicted molar refractivity (Wildman–Crippen MR) is 70.9 cm³/mol. The van der Waals surface area contributed by atoms with Crippen LogP contribution in [0.15, 0.2) is 0 Å². The topological polar surface area (TPSA) is 78.9 Å². The van der Waals surface area contributed by atoms with Crippen molar-refractivity contribution in [3.8, 4) is 0 Å². The van der Waals surface area contributed by atoms with Crippen molar-refractivity contribution in [3.05, 3.63) is 0 Å². The summed E-state index contributed by atoms with van der Waals surface area (Å²) in [6.45, 7) is 10.8. The minimum Gasteiger partial charge on any atom is -0.480 e. The van der Waals surface area contributed by atoms with Crippen molar-refractivity contribution in [1.29, 1.82) is 0 Å². The first-order valence-electron chi connectivity index (χ1n) is 6.43. The molecule has 1 fully saturated rings. The lowest BCUT2D eigenvalue weighted by Crippen LogP contribution is -2.60. The molecule has 1 atom stereocenters. The van der Waals surface area contributed by atoms with Crippen LogP contribution in [0.25, 0.3) is 0 Å². The molecule has 0 bridgehead atoms. The summed E-state index contributed by atoms with van der Waals surface area (Å²) in [5, 5.41) is 11.6. The van der Waals surface area contributed by atoms with Gasteiger partial charge < -0.3 is 15.2 Å². The van der Waals surface area contributed by atoms with Gasteiger partial charge in [-0.25, -0.2) is 4.79 Å². The van der Waals surface area contributed by atoms with Crippen LogP contribution >= 0.6 is 0 Å². The van der Waals surface area contributed by atoms with Gasteiger partial charge >= 0.3 is 5.97 Å². The fourth-order valence-electron chi connectivity index (χ4n) is 2.76. The molecule has 2 N–H and O–H groups in total. The van der Waals surface area contributed by atoms with Crippen molar-refractivity contribution in [1.82, 2.24) is 10.2 Å². The quantitative estimate of drug-likeness (QED) is 0.777. The summed E-state index contributed by atoms with van der Waals surface area (Å²) in [6.07, 6.45) is 0. The van der Waals surface area contributed by atoms with Gasteiger partial charge in [-0.05, 0) is 27.7 Å². The number of carboxylic acid groups (broad SMARTS) is 1. The molecular formula is C13H24N2O4.